The van der Waals surface area contributed by atoms with Gasteiger partial charge >= 0.3 is 6.01 Å². The van der Waals surface area contributed by atoms with Crippen molar-refractivity contribution in [3.63, 3.8) is 0 Å². The zero-order valence-corrected chi connectivity index (χ0v) is 19.4. The molecule has 6 rings (SSSR count). The van der Waals surface area contributed by atoms with Gasteiger partial charge in [-0.05, 0) is 31.9 Å². The highest BCUT2D eigenvalue weighted by molar-refractivity contribution is 6.14. The number of benzene rings is 1. The van der Waals surface area contributed by atoms with E-state index in [2.05, 4.69) is 32.1 Å². The Balaban J connectivity index is 1.50. The van der Waals surface area contributed by atoms with Crippen molar-refractivity contribution in [1.82, 2.24) is 19.9 Å². The van der Waals surface area contributed by atoms with Crippen LogP contribution in [0.2, 0.25) is 0 Å². The van der Waals surface area contributed by atoms with E-state index in [1.807, 2.05) is 0 Å². The number of nitrogens with two attached hydrogens (primary N) is 1. The van der Waals surface area contributed by atoms with Crippen LogP contribution in [-0.2, 0) is 0 Å². The molecule has 0 radical (unpaired) electrons. The predicted molar refractivity (Wildman–Crippen MR) is 128 cm³/mol. The molecule has 0 amide bonds. The Bertz CT molecular complexity index is 1470. The molecule has 1 aliphatic heterocycles. The molecule has 5 atom stereocenters. The number of nitrogens with one attached hydrogen (secondary N) is 2. The lowest BCUT2D eigenvalue weighted by molar-refractivity contribution is 0.188. The number of aliphatic hydroxyl groups is 1. The number of aliphatic hydroxyl groups excluding tert-OH is 1. The van der Waals surface area contributed by atoms with Gasteiger partial charge in [0.1, 0.15) is 23.0 Å². The van der Waals surface area contributed by atoms with E-state index >= 15 is 0 Å². The molecule has 11 heteroatoms. The van der Waals surface area contributed by atoms with E-state index in [1.165, 1.54) is 25.3 Å². The molecule has 0 spiro atoms. The molecule has 9 nitrogen and oxygen atoms in total. The van der Waals surface area contributed by atoms with Crippen molar-refractivity contribution in [3.05, 3.63) is 41.7 Å². The summed E-state index contributed by atoms with van der Waals surface area (Å²) in [4.78, 5) is 18.6. The highest BCUT2D eigenvalue weighted by atomic mass is 19.1. The van der Waals surface area contributed by atoms with E-state index in [4.69, 9.17) is 15.5 Å². The Morgan fingerprint density at radius 3 is 2.74 bits per heavy atom. The molecule has 1 aromatic carbocycles. The number of rotatable bonds is 5. The molecule has 1 saturated carbocycles. The first-order chi connectivity index (χ1) is 16.8. The number of hydrogen-bond acceptors (Lipinski definition) is 8. The molecule has 35 heavy (non-hydrogen) atoms. The van der Waals surface area contributed by atoms with Crippen LogP contribution in [0.3, 0.4) is 0 Å². The number of aromatic amines is 1. The summed E-state index contributed by atoms with van der Waals surface area (Å²) in [5.41, 5.74) is 7.89. The van der Waals surface area contributed by atoms with Crippen LogP contribution in [-0.4, -0.2) is 50.7 Å². The minimum absolute atomic E-state index is 0.00592. The molecule has 1 saturated heterocycles. The van der Waals surface area contributed by atoms with Crippen molar-refractivity contribution >= 4 is 33.4 Å². The monoisotopic (exact) mass is 481 g/mol. The van der Waals surface area contributed by atoms with Crippen molar-refractivity contribution in [2.24, 2.45) is 17.6 Å². The predicted octanol–water partition coefficient (Wildman–Crippen LogP) is 3.45. The summed E-state index contributed by atoms with van der Waals surface area (Å²) < 4.78 is 34.7. The summed E-state index contributed by atoms with van der Waals surface area (Å²) in [7, 11) is 1.72. The first-order valence-corrected chi connectivity index (χ1v) is 11.5. The molecule has 182 valence electrons. The number of aromatic nitrogens is 4. The standard InChI is InChI=1S/C24H25F2N7O2/c1-9-17-14(19(17)27)8-33(9)23-18-13-4-11(25)5-16(28-3)21(13)30-22(18)31-24(32-23)35-12-6-15(26)20(10(2)34)29-7-12/h4-7,9-10,14,17,19,28,34H,8,27H2,1-3H3,(H,30,31,32)/t9-,10?,14+,17?,19+/m1/s1. The molecule has 4 heterocycles. The highest BCUT2D eigenvalue weighted by Gasteiger charge is 2.58. The van der Waals surface area contributed by atoms with Gasteiger partial charge in [-0.2, -0.15) is 9.97 Å². The van der Waals surface area contributed by atoms with Gasteiger partial charge in [-0.25, -0.2) is 8.78 Å². The molecule has 2 aliphatic rings. The lowest BCUT2D eigenvalue weighted by atomic mass is 10.1. The smallest absolute Gasteiger partial charge is 0.326 e. The largest absolute Gasteiger partial charge is 0.422 e. The summed E-state index contributed by atoms with van der Waals surface area (Å²) >= 11 is 0. The van der Waals surface area contributed by atoms with E-state index in [0.717, 1.165) is 12.6 Å². The van der Waals surface area contributed by atoms with Gasteiger partial charge in [0.05, 0.1) is 28.9 Å². The Morgan fingerprint density at radius 1 is 1.29 bits per heavy atom. The van der Waals surface area contributed by atoms with Crippen LogP contribution in [0, 0.1) is 23.5 Å². The van der Waals surface area contributed by atoms with Crippen LogP contribution in [0.5, 0.6) is 11.8 Å². The summed E-state index contributed by atoms with van der Waals surface area (Å²) in [6.07, 6.45) is 0.260. The first kappa shape index (κ1) is 21.9. The molecule has 3 aromatic heterocycles. The molecule has 1 aliphatic carbocycles. The third-order valence-electron chi connectivity index (χ3n) is 7.22. The second kappa shape index (κ2) is 7.72. The van der Waals surface area contributed by atoms with Crippen LogP contribution in [0.15, 0.2) is 24.4 Å². The van der Waals surface area contributed by atoms with Crippen molar-refractivity contribution in [3.8, 4) is 11.8 Å². The van der Waals surface area contributed by atoms with Gasteiger partial charge in [-0.1, -0.05) is 0 Å². The average molecular weight is 482 g/mol. The molecule has 2 unspecified atom stereocenters. The Kier molecular flexibility index (Phi) is 4.84. The van der Waals surface area contributed by atoms with Crippen molar-refractivity contribution in [1.29, 1.82) is 0 Å². The van der Waals surface area contributed by atoms with E-state index in [0.29, 0.717) is 45.3 Å². The van der Waals surface area contributed by atoms with Gasteiger partial charge in [0.15, 0.2) is 11.6 Å². The number of piperidine rings is 1. The second-order valence-corrected chi connectivity index (χ2v) is 9.33. The van der Waals surface area contributed by atoms with Crippen LogP contribution in [0.25, 0.3) is 21.9 Å². The fourth-order valence-corrected chi connectivity index (χ4v) is 5.41. The fraction of sp³-hybridized carbons (Fsp3) is 0.375. The SMILES string of the molecule is CNc1cc(F)cc2c1[nH]c1nc(Oc3cnc(C(C)O)c(F)c3)nc(N3C[C@H]4C([C@H]4N)[C@H]3C)c12. The van der Waals surface area contributed by atoms with Crippen LogP contribution in [0.4, 0.5) is 20.3 Å². The fourth-order valence-electron chi connectivity index (χ4n) is 5.41. The van der Waals surface area contributed by atoms with Gasteiger partial charge in [-0.3, -0.25) is 4.98 Å². The van der Waals surface area contributed by atoms with Crippen molar-refractivity contribution in [2.75, 3.05) is 23.8 Å². The van der Waals surface area contributed by atoms with E-state index in [-0.39, 0.29) is 35.4 Å². The zero-order chi connectivity index (χ0) is 24.6. The van der Waals surface area contributed by atoms with Crippen LogP contribution >= 0.6 is 0 Å². The Hall–Kier alpha value is -3.57. The van der Waals surface area contributed by atoms with Crippen LogP contribution < -0.4 is 20.7 Å². The number of halogens is 2. The number of anilines is 2. The van der Waals surface area contributed by atoms with Crippen LogP contribution in [0.1, 0.15) is 25.6 Å². The number of nitrogens with zero attached hydrogens (tertiary/aromatic N) is 4. The molecular weight excluding hydrogens is 456 g/mol. The minimum atomic E-state index is -1.05. The van der Waals surface area contributed by atoms with Crippen molar-refractivity contribution in [2.45, 2.75) is 32.0 Å². The van der Waals surface area contributed by atoms with Gasteiger partial charge < -0.3 is 30.8 Å². The quantitative estimate of drug-likeness (QED) is 0.342. The van der Waals surface area contributed by atoms with E-state index in [1.54, 1.807) is 7.05 Å². The lowest BCUT2D eigenvalue weighted by Crippen LogP contribution is -2.36. The summed E-state index contributed by atoms with van der Waals surface area (Å²) in [6.45, 7) is 4.26. The molecule has 0 bridgehead atoms. The lowest BCUT2D eigenvalue weighted by Gasteiger charge is -2.27. The van der Waals surface area contributed by atoms with E-state index < -0.39 is 11.9 Å². The van der Waals surface area contributed by atoms with E-state index in [9.17, 15) is 13.9 Å². The minimum Gasteiger partial charge on any atom is -0.422 e. The number of ether oxygens (including phenoxy) is 1. The third kappa shape index (κ3) is 3.37. The van der Waals surface area contributed by atoms with Crippen molar-refractivity contribution < 1.29 is 18.6 Å². The van der Waals surface area contributed by atoms with Gasteiger partial charge in [0.2, 0.25) is 0 Å². The number of fused-ring (bicyclic) bond motifs is 4. The van der Waals surface area contributed by atoms with Gasteiger partial charge in [-0.15, -0.1) is 0 Å². The maximum atomic E-state index is 14.5. The normalized spacial score (nSPS) is 24.1. The summed E-state index contributed by atoms with van der Waals surface area (Å²) in [5.74, 6) is 0.361. The number of pyridine rings is 1. The highest BCUT2D eigenvalue weighted by Crippen LogP contribution is 2.51. The summed E-state index contributed by atoms with van der Waals surface area (Å²) in [5, 5.41) is 14.0. The Labute approximate surface area is 199 Å². The first-order valence-electron chi connectivity index (χ1n) is 11.5. The average Bonchev–Trinajstić information content (AvgIpc) is 3.11. The third-order valence-corrected chi connectivity index (χ3v) is 7.22. The Morgan fingerprint density at radius 2 is 2.09 bits per heavy atom. The number of H-pyrrole nitrogens is 1. The molecule has 2 fully saturated rings. The van der Waals surface area contributed by atoms with Gasteiger partial charge in [0.25, 0.3) is 0 Å². The second-order valence-electron chi connectivity index (χ2n) is 9.33. The molecule has 4 aromatic rings. The van der Waals surface area contributed by atoms with Gasteiger partial charge in [0, 0.05) is 43.0 Å². The number of hydrogen-bond donors (Lipinski definition) is 4. The summed E-state index contributed by atoms with van der Waals surface area (Å²) in [6, 6.07) is 4.30. The topological polar surface area (TPSA) is 125 Å². The molecule has 5 N–H and O–H groups in total. The zero-order valence-electron chi connectivity index (χ0n) is 19.4. The maximum absolute atomic E-state index is 14.5. The maximum Gasteiger partial charge on any atom is 0.326 e. The molecular formula is C24H25F2N7O2.